The van der Waals surface area contributed by atoms with E-state index in [4.69, 9.17) is 4.42 Å². The van der Waals surface area contributed by atoms with E-state index in [1.807, 2.05) is 44.2 Å². The lowest BCUT2D eigenvalue weighted by Gasteiger charge is -2.23. The molecule has 0 aliphatic carbocycles. The molecule has 1 aromatic heterocycles. The van der Waals surface area contributed by atoms with Gasteiger partial charge in [-0.15, -0.1) is 0 Å². The first-order valence-electron chi connectivity index (χ1n) is 11.0. The number of urea groups is 1. The minimum Gasteiger partial charge on any atom is -0.467 e. The molecule has 33 heavy (non-hydrogen) atoms. The zero-order chi connectivity index (χ0) is 24.2. The van der Waals surface area contributed by atoms with Crippen LogP contribution in [0.4, 0.5) is 4.79 Å². The fourth-order valence-electron chi connectivity index (χ4n) is 3.14. The lowest BCUT2D eigenvalue weighted by atomic mass is 10.0. The minimum atomic E-state index is -1.00. The third-order valence-corrected chi connectivity index (χ3v) is 4.89. The minimum absolute atomic E-state index is 0.0705. The fraction of sp³-hybridized carbons (Fsp3) is 0.417. The van der Waals surface area contributed by atoms with E-state index in [0.717, 1.165) is 5.56 Å². The number of benzene rings is 1. The number of ketones is 1. The van der Waals surface area contributed by atoms with E-state index in [1.54, 1.807) is 19.1 Å². The lowest BCUT2D eigenvalue weighted by Crippen LogP contribution is -2.55. The van der Waals surface area contributed by atoms with Gasteiger partial charge in [0.2, 0.25) is 11.7 Å². The van der Waals surface area contributed by atoms with Gasteiger partial charge in [-0.2, -0.15) is 0 Å². The Labute approximate surface area is 193 Å². The summed E-state index contributed by atoms with van der Waals surface area (Å²) in [5.74, 6) is -1.46. The molecule has 0 aliphatic heterocycles. The van der Waals surface area contributed by atoms with Gasteiger partial charge in [0.1, 0.15) is 11.8 Å². The Morgan fingerprint density at radius 2 is 1.61 bits per heavy atom. The number of amides is 4. The third kappa shape index (κ3) is 8.80. The first-order chi connectivity index (χ1) is 15.8. The van der Waals surface area contributed by atoms with E-state index in [0.29, 0.717) is 18.7 Å². The van der Waals surface area contributed by atoms with Crippen LogP contribution in [0.2, 0.25) is 0 Å². The van der Waals surface area contributed by atoms with Gasteiger partial charge in [0, 0.05) is 6.54 Å². The molecule has 9 heteroatoms. The number of rotatable bonds is 12. The van der Waals surface area contributed by atoms with Crippen LogP contribution in [0.3, 0.4) is 0 Å². The number of hydrogen-bond donors (Lipinski definition) is 4. The van der Waals surface area contributed by atoms with E-state index in [9.17, 15) is 19.2 Å². The van der Waals surface area contributed by atoms with Gasteiger partial charge in [0.15, 0.2) is 0 Å². The van der Waals surface area contributed by atoms with Crippen molar-refractivity contribution in [2.75, 3.05) is 0 Å². The number of carbonyl (C=O) groups is 4. The van der Waals surface area contributed by atoms with Gasteiger partial charge in [-0.25, -0.2) is 4.79 Å². The molecule has 2 rings (SSSR count). The SMILES string of the molecule is CCC(NC(=O)C(CC(C)C)NC(=O)NCc1ccccc1)C(=O)C(=O)NCc1ccco1. The predicted octanol–water partition coefficient (Wildman–Crippen LogP) is 2.27. The summed E-state index contributed by atoms with van der Waals surface area (Å²) in [5, 5.41) is 10.5. The van der Waals surface area contributed by atoms with Gasteiger partial charge in [0.05, 0.1) is 18.8 Å². The molecule has 1 aromatic carbocycles. The van der Waals surface area contributed by atoms with Gasteiger partial charge < -0.3 is 25.7 Å². The van der Waals surface area contributed by atoms with E-state index in [2.05, 4.69) is 21.3 Å². The molecule has 0 radical (unpaired) electrons. The summed E-state index contributed by atoms with van der Waals surface area (Å²) in [4.78, 5) is 50.0. The summed E-state index contributed by atoms with van der Waals surface area (Å²) >= 11 is 0. The molecule has 4 amide bonds. The summed E-state index contributed by atoms with van der Waals surface area (Å²) in [6.07, 6.45) is 2.07. The largest absolute Gasteiger partial charge is 0.467 e. The Morgan fingerprint density at radius 3 is 2.21 bits per heavy atom. The molecule has 0 saturated carbocycles. The molecular weight excluding hydrogens is 424 g/mol. The van der Waals surface area contributed by atoms with E-state index >= 15 is 0 Å². The van der Waals surface area contributed by atoms with Crippen LogP contribution >= 0.6 is 0 Å². The molecule has 4 N–H and O–H groups in total. The highest BCUT2D eigenvalue weighted by Gasteiger charge is 2.29. The molecule has 0 saturated heterocycles. The van der Waals surface area contributed by atoms with Crippen LogP contribution in [0.25, 0.3) is 0 Å². The second-order valence-electron chi connectivity index (χ2n) is 8.09. The predicted molar refractivity (Wildman–Crippen MR) is 123 cm³/mol. The van der Waals surface area contributed by atoms with Crippen molar-refractivity contribution in [3.8, 4) is 0 Å². The van der Waals surface area contributed by atoms with Crippen molar-refractivity contribution in [3.05, 3.63) is 60.1 Å². The van der Waals surface area contributed by atoms with Crippen LogP contribution in [0, 0.1) is 5.92 Å². The molecule has 0 aliphatic rings. The monoisotopic (exact) mass is 456 g/mol. The van der Waals surface area contributed by atoms with Crippen LogP contribution in [-0.2, 0) is 27.5 Å². The van der Waals surface area contributed by atoms with Gasteiger partial charge in [-0.3, -0.25) is 14.4 Å². The van der Waals surface area contributed by atoms with Crippen LogP contribution in [0.15, 0.2) is 53.1 Å². The Bertz CT molecular complexity index is 912. The quantitative estimate of drug-likeness (QED) is 0.364. The maximum atomic E-state index is 12.9. The maximum absolute atomic E-state index is 12.9. The van der Waals surface area contributed by atoms with Gasteiger partial charge >= 0.3 is 6.03 Å². The van der Waals surface area contributed by atoms with Crippen molar-refractivity contribution >= 4 is 23.6 Å². The molecule has 0 spiro atoms. The van der Waals surface area contributed by atoms with Crippen molar-refractivity contribution in [1.82, 2.24) is 21.3 Å². The molecule has 2 aromatic rings. The highest BCUT2D eigenvalue weighted by molar-refractivity contribution is 6.38. The van der Waals surface area contributed by atoms with Crippen LogP contribution in [-0.4, -0.2) is 35.7 Å². The van der Waals surface area contributed by atoms with Crippen LogP contribution in [0.1, 0.15) is 44.9 Å². The topological polar surface area (TPSA) is 130 Å². The zero-order valence-corrected chi connectivity index (χ0v) is 19.2. The van der Waals surface area contributed by atoms with Gasteiger partial charge in [0.25, 0.3) is 5.91 Å². The molecule has 2 atom stereocenters. The summed E-state index contributed by atoms with van der Waals surface area (Å²) in [5.41, 5.74) is 0.926. The number of carbonyl (C=O) groups excluding carboxylic acids is 4. The van der Waals surface area contributed by atoms with E-state index < -0.39 is 35.7 Å². The number of nitrogens with one attached hydrogen (secondary N) is 4. The lowest BCUT2D eigenvalue weighted by molar-refractivity contribution is -0.140. The highest BCUT2D eigenvalue weighted by atomic mass is 16.3. The van der Waals surface area contributed by atoms with Crippen molar-refractivity contribution in [2.45, 2.75) is 58.8 Å². The number of hydrogen-bond acceptors (Lipinski definition) is 5. The summed E-state index contributed by atoms with van der Waals surface area (Å²) in [7, 11) is 0. The molecule has 1 heterocycles. The Morgan fingerprint density at radius 1 is 0.879 bits per heavy atom. The average Bonchev–Trinajstić information content (AvgIpc) is 3.32. The molecule has 0 fully saturated rings. The van der Waals surface area contributed by atoms with Crippen molar-refractivity contribution in [3.63, 3.8) is 0 Å². The van der Waals surface area contributed by atoms with Crippen molar-refractivity contribution in [2.24, 2.45) is 5.92 Å². The van der Waals surface area contributed by atoms with Crippen molar-refractivity contribution < 1.29 is 23.6 Å². The van der Waals surface area contributed by atoms with E-state index in [1.165, 1.54) is 6.26 Å². The maximum Gasteiger partial charge on any atom is 0.315 e. The molecular formula is C24H32N4O5. The van der Waals surface area contributed by atoms with Gasteiger partial charge in [-0.05, 0) is 36.5 Å². The molecule has 2 unspecified atom stereocenters. The molecule has 9 nitrogen and oxygen atoms in total. The standard InChI is InChI=1S/C24H32N4O5/c1-4-19(21(29)23(31)25-15-18-11-8-12-33-18)27-22(30)20(13-16(2)3)28-24(32)26-14-17-9-6-5-7-10-17/h5-12,16,19-20H,4,13-15H2,1-3H3,(H,25,31)(H,27,30)(H2,26,28,32). The first kappa shape index (κ1) is 25.6. The summed E-state index contributed by atoms with van der Waals surface area (Å²) < 4.78 is 5.13. The highest BCUT2D eigenvalue weighted by Crippen LogP contribution is 2.07. The Balaban J connectivity index is 1.92. The third-order valence-electron chi connectivity index (χ3n) is 4.89. The summed E-state index contributed by atoms with van der Waals surface area (Å²) in [6, 6.07) is 10.4. The van der Waals surface area contributed by atoms with E-state index in [-0.39, 0.29) is 18.9 Å². The zero-order valence-electron chi connectivity index (χ0n) is 19.2. The first-order valence-corrected chi connectivity index (χ1v) is 11.0. The molecule has 0 bridgehead atoms. The Kier molecular flexibility index (Phi) is 10.1. The average molecular weight is 457 g/mol. The van der Waals surface area contributed by atoms with Crippen molar-refractivity contribution in [1.29, 1.82) is 0 Å². The fourth-order valence-corrected chi connectivity index (χ4v) is 3.14. The normalized spacial score (nSPS) is 12.5. The van der Waals surface area contributed by atoms with Crippen LogP contribution in [0.5, 0.6) is 0 Å². The Hall–Kier alpha value is -3.62. The molecule has 178 valence electrons. The number of Topliss-reactive ketones (excluding diaryl/α,β-unsaturated/α-hetero) is 1. The summed E-state index contributed by atoms with van der Waals surface area (Å²) in [6.45, 7) is 5.93. The number of furan rings is 1. The van der Waals surface area contributed by atoms with Crippen LogP contribution < -0.4 is 21.3 Å². The van der Waals surface area contributed by atoms with Gasteiger partial charge in [-0.1, -0.05) is 51.1 Å². The smallest absolute Gasteiger partial charge is 0.315 e. The second kappa shape index (κ2) is 13.0. The second-order valence-corrected chi connectivity index (χ2v) is 8.09.